The van der Waals surface area contributed by atoms with Crippen LogP contribution in [0.25, 0.3) is 11.0 Å². The van der Waals surface area contributed by atoms with E-state index in [-0.39, 0.29) is 12.2 Å². The minimum absolute atomic E-state index is 0.105. The molecule has 4 rings (SSSR count). The van der Waals surface area contributed by atoms with Gasteiger partial charge < -0.3 is 19.2 Å². The second-order valence-corrected chi connectivity index (χ2v) is 8.23. The second kappa shape index (κ2) is 9.90. The Kier molecular flexibility index (Phi) is 6.77. The summed E-state index contributed by atoms with van der Waals surface area (Å²) in [4.78, 5) is 37.5. The van der Waals surface area contributed by atoms with Gasteiger partial charge in [0.05, 0.1) is 0 Å². The molecule has 0 fully saturated rings. The summed E-state index contributed by atoms with van der Waals surface area (Å²) in [5, 5.41) is 3.48. The van der Waals surface area contributed by atoms with Crippen LogP contribution in [0.15, 0.2) is 51.7 Å². The van der Waals surface area contributed by atoms with E-state index in [4.69, 9.17) is 13.9 Å². The highest BCUT2D eigenvalue weighted by molar-refractivity contribution is 5.88. The number of fused-ring (bicyclic) bond motifs is 3. The van der Waals surface area contributed by atoms with E-state index in [2.05, 4.69) is 5.32 Å². The monoisotopic (exact) mass is 449 g/mol. The van der Waals surface area contributed by atoms with Crippen molar-refractivity contribution in [2.75, 3.05) is 0 Å². The largest absolute Gasteiger partial charge is 0.445 e. The number of hydrogen-bond donors (Lipinski definition) is 1. The zero-order chi connectivity index (χ0) is 23.4. The van der Waals surface area contributed by atoms with Gasteiger partial charge in [-0.1, -0.05) is 43.7 Å². The number of nitrogens with one attached hydrogen (secondary N) is 1. The van der Waals surface area contributed by atoms with E-state index in [0.717, 1.165) is 41.3 Å². The van der Waals surface area contributed by atoms with Gasteiger partial charge in [0.25, 0.3) is 0 Å². The van der Waals surface area contributed by atoms with Crippen LogP contribution in [0.1, 0.15) is 48.4 Å². The molecule has 1 amide bonds. The van der Waals surface area contributed by atoms with E-state index in [0.29, 0.717) is 29.7 Å². The Morgan fingerprint density at radius 3 is 2.61 bits per heavy atom. The van der Waals surface area contributed by atoms with Gasteiger partial charge in [-0.15, -0.1) is 0 Å². The molecule has 1 aliphatic carbocycles. The lowest BCUT2D eigenvalue weighted by atomic mass is 10.0. The Balaban J connectivity index is 1.48. The van der Waals surface area contributed by atoms with Crippen LogP contribution in [-0.2, 0) is 29.0 Å². The predicted octanol–water partition coefficient (Wildman–Crippen LogP) is 4.59. The first-order valence-corrected chi connectivity index (χ1v) is 11.2. The van der Waals surface area contributed by atoms with Crippen LogP contribution in [0, 0.1) is 6.92 Å². The number of esters is 1. The normalized spacial score (nSPS) is 13.4. The average Bonchev–Trinajstić information content (AvgIpc) is 3.31. The first-order valence-electron chi connectivity index (χ1n) is 11.2. The Labute approximate surface area is 191 Å². The summed E-state index contributed by atoms with van der Waals surface area (Å²) < 4.78 is 16.4. The van der Waals surface area contributed by atoms with Crippen molar-refractivity contribution in [3.63, 3.8) is 0 Å². The van der Waals surface area contributed by atoms with Gasteiger partial charge in [-0.2, -0.15) is 0 Å². The molecule has 1 unspecified atom stereocenters. The van der Waals surface area contributed by atoms with Crippen LogP contribution in [0.5, 0.6) is 5.75 Å². The maximum absolute atomic E-state index is 12.9. The van der Waals surface area contributed by atoms with Gasteiger partial charge in [0.1, 0.15) is 24.0 Å². The summed E-state index contributed by atoms with van der Waals surface area (Å²) in [6.45, 7) is 3.77. The molecule has 0 saturated heterocycles. The molecule has 0 bridgehead atoms. The summed E-state index contributed by atoms with van der Waals surface area (Å²) in [7, 11) is 0. The molecule has 1 N–H and O–H groups in total. The molecule has 0 saturated carbocycles. The number of carbonyl (C=O) groups is 2. The minimum atomic E-state index is -0.861. The van der Waals surface area contributed by atoms with E-state index < -0.39 is 18.1 Å². The Hall–Kier alpha value is -3.61. The molecule has 7 nitrogen and oxygen atoms in total. The molecule has 1 atom stereocenters. The fraction of sp³-hybridized carbons (Fsp3) is 0.346. The molecular formula is C26H27NO6. The number of benzene rings is 2. The van der Waals surface area contributed by atoms with Crippen molar-refractivity contribution in [3.05, 3.63) is 75.1 Å². The third-order valence-electron chi connectivity index (χ3n) is 5.92. The summed E-state index contributed by atoms with van der Waals surface area (Å²) in [6.07, 6.45) is 2.87. The number of amides is 1. The first-order chi connectivity index (χ1) is 16.0. The average molecular weight is 450 g/mol. The molecule has 1 aromatic heterocycles. The molecule has 33 heavy (non-hydrogen) atoms. The van der Waals surface area contributed by atoms with Crippen molar-refractivity contribution < 1.29 is 23.5 Å². The quantitative estimate of drug-likeness (QED) is 0.322. The first kappa shape index (κ1) is 22.6. The number of rotatable bonds is 7. The van der Waals surface area contributed by atoms with E-state index in [9.17, 15) is 14.4 Å². The molecular weight excluding hydrogens is 422 g/mol. The number of alkyl carbamates (subject to hydrolysis) is 1. The summed E-state index contributed by atoms with van der Waals surface area (Å²) in [5.41, 5.74) is 3.31. The van der Waals surface area contributed by atoms with Gasteiger partial charge in [-0.3, -0.25) is 0 Å². The second-order valence-electron chi connectivity index (χ2n) is 8.23. The summed E-state index contributed by atoms with van der Waals surface area (Å²) >= 11 is 0. The molecule has 2 aromatic carbocycles. The maximum atomic E-state index is 12.9. The lowest BCUT2D eigenvalue weighted by Crippen LogP contribution is -2.43. The smallest absolute Gasteiger partial charge is 0.408 e. The Bertz CT molecular complexity index is 1230. The van der Waals surface area contributed by atoms with Gasteiger partial charge >= 0.3 is 17.7 Å². The lowest BCUT2D eigenvalue weighted by molar-refractivity contribution is -0.136. The zero-order valence-electron chi connectivity index (χ0n) is 18.8. The van der Waals surface area contributed by atoms with Crippen LogP contribution >= 0.6 is 0 Å². The third-order valence-corrected chi connectivity index (χ3v) is 5.92. The van der Waals surface area contributed by atoms with Crippen LogP contribution < -0.4 is 15.7 Å². The maximum Gasteiger partial charge on any atom is 0.408 e. The van der Waals surface area contributed by atoms with Crippen molar-refractivity contribution in [1.82, 2.24) is 5.32 Å². The Morgan fingerprint density at radius 2 is 1.85 bits per heavy atom. The van der Waals surface area contributed by atoms with Crippen LogP contribution in [0.2, 0.25) is 0 Å². The van der Waals surface area contributed by atoms with Gasteiger partial charge in [-0.05, 0) is 55.9 Å². The van der Waals surface area contributed by atoms with Crippen molar-refractivity contribution in [3.8, 4) is 5.75 Å². The van der Waals surface area contributed by atoms with Crippen molar-refractivity contribution in [2.45, 2.75) is 58.6 Å². The van der Waals surface area contributed by atoms with E-state index >= 15 is 0 Å². The molecule has 0 aliphatic heterocycles. The van der Waals surface area contributed by atoms with Gasteiger partial charge in [0.2, 0.25) is 0 Å². The van der Waals surface area contributed by atoms with Gasteiger partial charge in [-0.25, -0.2) is 14.4 Å². The highest BCUT2D eigenvalue weighted by atomic mass is 16.6. The topological polar surface area (TPSA) is 94.8 Å². The van der Waals surface area contributed by atoms with Crippen molar-refractivity contribution in [1.29, 1.82) is 0 Å². The third kappa shape index (κ3) is 4.92. The fourth-order valence-corrected chi connectivity index (χ4v) is 4.20. The zero-order valence-corrected chi connectivity index (χ0v) is 18.8. The number of ether oxygens (including phenoxy) is 2. The molecule has 172 valence electrons. The number of hydrogen-bond acceptors (Lipinski definition) is 6. The van der Waals surface area contributed by atoms with E-state index in [1.54, 1.807) is 13.0 Å². The van der Waals surface area contributed by atoms with Crippen LogP contribution in [-0.4, -0.2) is 18.1 Å². The van der Waals surface area contributed by atoms with Crippen LogP contribution in [0.4, 0.5) is 4.79 Å². The van der Waals surface area contributed by atoms with Gasteiger partial charge in [0, 0.05) is 16.5 Å². The van der Waals surface area contributed by atoms with Crippen LogP contribution in [0.3, 0.4) is 0 Å². The Morgan fingerprint density at radius 1 is 1.09 bits per heavy atom. The predicted molar refractivity (Wildman–Crippen MR) is 123 cm³/mol. The standard InChI is InChI=1S/C26H27NO6/c1-3-8-21(27-26(30)31-15-17-9-5-4-6-10-17)25(29)32-22-14-13-19-18-11-7-12-20(18)24(28)33-23(19)16(22)2/h4-6,9-10,13-14,21H,3,7-8,11-12,15H2,1-2H3,(H,27,30). The number of carbonyl (C=O) groups excluding carboxylic acids is 2. The SMILES string of the molecule is CCCC(NC(=O)OCc1ccccc1)C(=O)Oc1ccc2c3c(c(=O)oc2c1C)CCC3. The van der Waals surface area contributed by atoms with E-state index in [1.807, 2.05) is 43.3 Å². The van der Waals surface area contributed by atoms with Crippen molar-refractivity contribution in [2.24, 2.45) is 0 Å². The lowest BCUT2D eigenvalue weighted by Gasteiger charge is -2.18. The molecule has 7 heteroatoms. The summed E-state index contributed by atoms with van der Waals surface area (Å²) in [5.74, 6) is -0.298. The fourth-order valence-electron chi connectivity index (χ4n) is 4.20. The number of aryl methyl sites for hydroxylation is 2. The molecule has 0 radical (unpaired) electrons. The highest BCUT2D eigenvalue weighted by Gasteiger charge is 2.25. The molecule has 3 aromatic rings. The summed E-state index contributed by atoms with van der Waals surface area (Å²) in [6, 6.07) is 12.0. The molecule has 1 aliphatic rings. The molecule has 0 spiro atoms. The molecule has 1 heterocycles. The van der Waals surface area contributed by atoms with Gasteiger partial charge in [0.15, 0.2) is 0 Å². The highest BCUT2D eigenvalue weighted by Crippen LogP contribution is 2.33. The minimum Gasteiger partial charge on any atom is -0.445 e. The van der Waals surface area contributed by atoms with Crippen molar-refractivity contribution >= 4 is 23.0 Å². The van der Waals surface area contributed by atoms with E-state index in [1.165, 1.54) is 0 Å².